The number of β-amino-alcohol motifs (C(OH)–C–C–N with tert-alkyl or cyclic N) is 1. The van der Waals surface area contributed by atoms with Crippen LogP contribution < -0.4 is 5.32 Å². The number of amides is 1. The zero-order chi connectivity index (χ0) is 15.6. The van der Waals surface area contributed by atoms with Crippen LogP contribution in [0.25, 0.3) is 0 Å². The van der Waals surface area contributed by atoms with E-state index in [1.54, 1.807) is 12.1 Å². The lowest BCUT2D eigenvalue weighted by molar-refractivity contribution is -0.129. The molecule has 1 aromatic rings. The van der Waals surface area contributed by atoms with Crippen molar-refractivity contribution in [1.82, 2.24) is 4.90 Å². The maximum Gasteiger partial charge on any atom is 0.238 e. The molecule has 2 rings (SSSR count). The Morgan fingerprint density at radius 1 is 1.43 bits per heavy atom. The van der Waals surface area contributed by atoms with Crippen LogP contribution in [0, 0.1) is 6.92 Å². The first kappa shape index (κ1) is 16.6. The van der Waals surface area contributed by atoms with Gasteiger partial charge in [0, 0.05) is 13.1 Å². The number of halogens is 2. The molecular formula is C15H20Cl2N2O2. The third-order valence-electron chi connectivity index (χ3n) is 3.67. The summed E-state index contributed by atoms with van der Waals surface area (Å²) in [5.41, 5.74) is 0.679. The Hall–Kier alpha value is -0.810. The van der Waals surface area contributed by atoms with E-state index in [4.69, 9.17) is 23.2 Å². The standard InChI is InChI=1S/C15H20Cl2N2O2/c1-3-6-15(21)8-19(9-15)7-12(20)18-14-11(16)5-4-10(2)13(14)17/h4-5,21H,3,6-9H2,1-2H3,(H,18,20). The highest BCUT2D eigenvalue weighted by Gasteiger charge is 2.40. The van der Waals surface area contributed by atoms with E-state index in [9.17, 15) is 9.90 Å². The van der Waals surface area contributed by atoms with E-state index in [1.807, 2.05) is 18.7 Å². The van der Waals surface area contributed by atoms with Crippen molar-refractivity contribution in [2.24, 2.45) is 0 Å². The number of likely N-dealkylation sites (tertiary alicyclic amines) is 1. The Kier molecular flexibility index (Phi) is 5.15. The second kappa shape index (κ2) is 6.53. The molecule has 0 atom stereocenters. The van der Waals surface area contributed by atoms with Gasteiger partial charge in [-0.3, -0.25) is 9.69 Å². The summed E-state index contributed by atoms with van der Waals surface area (Å²) in [6.07, 6.45) is 1.70. The van der Waals surface area contributed by atoms with Crippen LogP contribution >= 0.6 is 23.2 Å². The fraction of sp³-hybridized carbons (Fsp3) is 0.533. The number of carbonyl (C=O) groups is 1. The Labute approximate surface area is 135 Å². The Balaban J connectivity index is 1.91. The van der Waals surface area contributed by atoms with E-state index in [2.05, 4.69) is 5.32 Å². The molecule has 1 aliphatic heterocycles. The SMILES string of the molecule is CCCC1(O)CN(CC(=O)Nc2c(Cl)ccc(C)c2Cl)C1. The fourth-order valence-corrected chi connectivity index (χ4v) is 3.14. The number of nitrogens with one attached hydrogen (secondary N) is 1. The molecule has 4 nitrogen and oxygen atoms in total. The topological polar surface area (TPSA) is 52.6 Å². The summed E-state index contributed by atoms with van der Waals surface area (Å²) in [6, 6.07) is 3.52. The predicted molar refractivity (Wildman–Crippen MR) is 86.1 cm³/mol. The summed E-state index contributed by atoms with van der Waals surface area (Å²) in [6.45, 7) is 5.18. The van der Waals surface area contributed by atoms with E-state index < -0.39 is 5.60 Å². The van der Waals surface area contributed by atoms with Crippen LogP contribution in [0.3, 0.4) is 0 Å². The van der Waals surface area contributed by atoms with Gasteiger partial charge >= 0.3 is 0 Å². The molecule has 1 heterocycles. The normalized spacial score (nSPS) is 17.4. The molecule has 0 aromatic heterocycles. The molecule has 0 unspecified atom stereocenters. The molecule has 6 heteroatoms. The zero-order valence-electron chi connectivity index (χ0n) is 12.2. The van der Waals surface area contributed by atoms with Crippen LogP contribution in [0.1, 0.15) is 25.3 Å². The molecule has 116 valence electrons. The molecule has 1 amide bonds. The van der Waals surface area contributed by atoms with Crippen LogP contribution in [0.4, 0.5) is 5.69 Å². The Bertz CT molecular complexity index is 543. The fourth-order valence-electron chi connectivity index (χ4n) is 2.67. The third-order valence-corrected chi connectivity index (χ3v) is 4.47. The lowest BCUT2D eigenvalue weighted by Crippen LogP contribution is -2.62. The number of hydrogen-bond acceptors (Lipinski definition) is 3. The van der Waals surface area contributed by atoms with Gasteiger partial charge in [0.1, 0.15) is 0 Å². The minimum Gasteiger partial charge on any atom is -0.387 e. The van der Waals surface area contributed by atoms with E-state index in [0.29, 0.717) is 28.8 Å². The first-order valence-corrected chi connectivity index (χ1v) is 7.79. The number of nitrogens with zero attached hydrogens (tertiary/aromatic N) is 1. The second-order valence-electron chi connectivity index (χ2n) is 5.72. The molecule has 0 bridgehead atoms. The molecule has 0 saturated carbocycles. The van der Waals surface area contributed by atoms with Crippen molar-refractivity contribution in [3.05, 3.63) is 27.7 Å². The van der Waals surface area contributed by atoms with Crippen molar-refractivity contribution in [3.8, 4) is 0 Å². The van der Waals surface area contributed by atoms with Gasteiger partial charge in [0.05, 0.1) is 27.9 Å². The van der Waals surface area contributed by atoms with Crippen LogP contribution in [0.2, 0.25) is 10.0 Å². The van der Waals surface area contributed by atoms with Crippen molar-refractivity contribution in [1.29, 1.82) is 0 Å². The highest BCUT2D eigenvalue weighted by molar-refractivity contribution is 6.40. The number of aliphatic hydroxyl groups is 1. The van der Waals surface area contributed by atoms with Crippen LogP contribution in [0.15, 0.2) is 12.1 Å². The molecule has 0 radical (unpaired) electrons. The number of carbonyl (C=O) groups excluding carboxylic acids is 1. The number of anilines is 1. The monoisotopic (exact) mass is 330 g/mol. The lowest BCUT2D eigenvalue weighted by Gasteiger charge is -2.46. The van der Waals surface area contributed by atoms with Gasteiger partial charge in [0.15, 0.2) is 0 Å². The van der Waals surface area contributed by atoms with Crippen molar-refractivity contribution < 1.29 is 9.90 Å². The highest BCUT2D eigenvalue weighted by Crippen LogP contribution is 2.33. The van der Waals surface area contributed by atoms with E-state index in [0.717, 1.165) is 18.4 Å². The molecule has 21 heavy (non-hydrogen) atoms. The maximum absolute atomic E-state index is 12.0. The molecule has 0 spiro atoms. The maximum atomic E-state index is 12.0. The van der Waals surface area contributed by atoms with Crippen LogP contribution in [-0.4, -0.2) is 41.1 Å². The molecule has 1 fully saturated rings. The third kappa shape index (κ3) is 3.89. The van der Waals surface area contributed by atoms with Gasteiger partial charge in [-0.2, -0.15) is 0 Å². The van der Waals surface area contributed by atoms with Gasteiger partial charge in [-0.05, 0) is 25.0 Å². The first-order valence-electron chi connectivity index (χ1n) is 7.04. The summed E-state index contributed by atoms with van der Waals surface area (Å²) in [5, 5.41) is 13.7. The quantitative estimate of drug-likeness (QED) is 0.872. The minimum atomic E-state index is -0.631. The number of hydrogen-bond donors (Lipinski definition) is 2. The molecular weight excluding hydrogens is 311 g/mol. The van der Waals surface area contributed by atoms with Crippen LogP contribution in [-0.2, 0) is 4.79 Å². The average molecular weight is 331 g/mol. The smallest absolute Gasteiger partial charge is 0.238 e. The summed E-state index contributed by atoms with van der Waals surface area (Å²) in [5.74, 6) is -0.178. The lowest BCUT2D eigenvalue weighted by atomic mass is 9.89. The molecule has 2 N–H and O–H groups in total. The van der Waals surface area contributed by atoms with Gasteiger partial charge in [-0.1, -0.05) is 42.6 Å². The molecule has 1 aromatic carbocycles. The summed E-state index contributed by atoms with van der Waals surface area (Å²) in [4.78, 5) is 14.0. The highest BCUT2D eigenvalue weighted by atomic mass is 35.5. The van der Waals surface area contributed by atoms with E-state index in [-0.39, 0.29) is 12.5 Å². The zero-order valence-corrected chi connectivity index (χ0v) is 13.8. The van der Waals surface area contributed by atoms with Gasteiger partial charge < -0.3 is 10.4 Å². The van der Waals surface area contributed by atoms with Gasteiger partial charge in [0.2, 0.25) is 5.91 Å². The Morgan fingerprint density at radius 3 is 2.71 bits per heavy atom. The predicted octanol–water partition coefficient (Wildman–Crippen LogP) is 3.09. The van der Waals surface area contributed by atoms with Crippen molar-refractivity contribution in [3.63, 3.8) is 0 Å². The number of benzene rings is 1. The Morgan fingerprint density at radius 2 is 2.10 bits per heavy atom. The summed E-state index contributed by atoms with van der Waals surface area (Å²) >= 11 is 12.2. The van der Waals surface area contributed by atoms with Gasteiger partial charge in [0.25, 0.3) is 0 Å². The molecule has 1 saturated heterocycles. The minimum absolute atomic E-state index is 0.178. The van der Waals surface area contributed by atoms with Crippen molar-refractivity contribution in [2.75, 3.05) is 25.0 Å². The molecule has 0 aliphatic carbocycles. The van der Waals surface area contributed by atoms with E-state index in [1.165, 1.54) is 0 Å². The first-order chi connectivity index (χ1) is 9.84. The largest absolute Gasteiger partial charge is 0.387 e. The second-order valence-corrected chi connectivity index (χ2v) is 6.51. The van der Waals surface area contributed by atoms with Gasteiger partial charge in [-0.25, -0.2) is 0 Å². The van der Waals surface area contributed by atoms with Crippen LogP contribution in [0.5, 0.6) is 0 Å². The van der Waals surface area contributed by atoms with E-state index >= 15 is 0 Å². The summed E-state index contributed by atoms with van der Waals surface area (Å²) in [7, 11) is 0. The van der Waals surface area contributed by atoms with Gasteiger partial charge in [-0.15, -0.1) is 0 Å². The van der Waals surface area contributed by atoms with Crippen molar-refractivity contribution >= 4 is 34.8 Å². The van der Waals surface area contributed by atoms with Crippen molar-refractivity contribution in [2.45, 2.75) is 32.3 Å². The number of rotatable bonds is 5. The molecule has 1 aliphatic rings. The number of aryl methyl sites for hydroxylation is 1. The summed E-state index contributed by atoms with van der Waals surface area (Å²) < 4.78 is 0. The average Bonchev–Trinajstić information content (AvgIpc) is 2.38.